The lowest BCUT2D eigenvalue weighted by molar-refractivity contribution is -0.141. The van der Waals surface area contributed by atoms with Gasteiger partial charge in [0.25, 0.3) is 11.7 Å². The molecule has 0 bridgehead atoms. The summed E-state index contributed by atoms with van der Waals surface area (Å²) in [6, 6.07) is 7.48. The van der Waals surface area contributed by atoms with Gasteiger partial charge in [-0.15, -0.1) is 0 Å². The minimum Gasteiger partial charge on any atom is -0.507 e. The first-order chi connectivity index (χ1) is 13.5. The third kappa shape index (κ3) is 3.19. The standard InChI is InChI=1S/C21H18Cl2N2O3/c22-15-8-7-12(10-16(15)23)19(26)17-18(13-4-3-9-24-11-13)25(21(28)20(17)27)14-5-1-2-6-14/h3-4,7-11,14,18,26H,1-2,5-6H2/b19-17-. The molecular weight excluding hydrogens is 399 g/mol. The number of hydrogen-bond acceptors (Lipinski definition) is 4. The number of ketones is 1. The first-order valence-corrected chi connectivity index (χ1v) is 9.90. The molecule has 1 saturated heterocycles. The fourth-order valence-electron chi connectivity index (χ4n) is 4.07. The van der Waals surface area contributed by atoms with Crippen LogP contribution >= 0.6 is 23.2 Å². The summed E-state index contributed by atoms with van der Waals surface area (Å²) >= 11 is 12.0. The lowest BCUT2D eigenvalue weighted by Crippen LogP contribution is -2.37. The summed E-state index contributed by atoms with van der Waals surface area (Å²) in [6.45, 7) is 0. The van der Waals surface area contributed by atoms with Gasteiger partial charge in [0.2, 0.25) is 0 Å². The molecule has 0 spiro atoms. The molecule has 2 aromatic rings. The predicted molar refractivity (Wildman–Crippen MR) is 107 cm³/mol. The number of carbonyl (C=O) groups excluding carboxylic acids is 2. The Bertz CT molecular complexity index is 969. The Kier molecular flexibility index (Phi) is 5.13. The molecule has 144 valence electrons. The minimum absolute atomic E-state index is 0.0271. The van der Waals surface area contributed by atoms with Crippen molar-refractivity contribution in [3.63, 3.8) is 0 Å². The molecule has 7 heteroatoms. The summed E-state index contributed by atoms with van der Waals surface area (Å²) in [4.78, 5) is 31.6. The lowest BCUT2D eigenvalue weighted by atomic mass is 9.95. The van der Waals surface area contributed by atoms with Gasteiger partial charge in [0.1, 0.15) is 5.76 Å². The second kappa shape index (κ2) is 7.57. The van der Waals surface area contributed by atoms with Crippen molar-refractivity contribution >= 4 is 40.7 Å². The lowest BCUT2D eigenvalue weighted by Gasteiger charge is -2.30. The van der Waals surface area contributed by atoms with Crippen molar-refractivity contribution in [2.45, 2.75) is 37.8 Å². The van der Waals surface area contributed by atoms with Crippen LogP contribution in [0.15, 0.2) is 48.3 Å². The molecule has 28 heavy (non-hydrogen) atoms. The molecule has 0 radical (unpaired) electrons. The molecule has 1 aliphatic heterocycles. The van der Waals surface area contributed by atoms with Crippen molar-refractivity contribution < 1.29 is 14.7 Å². The van der Waals surface area contributed by atoms with Crippen LogP contribution in [0.1, 0.15) is 42.9 Å². The Morgan fingerprint density at radius 3 is 2.50 bits per heavy atom. The molecule has 1 unspecified atom stereocenters. The monoisotopic (exact) mass is 416 g/mol. The van der Waals surface area contributed by atoms with E-state index >= 15 is 0 Å². The summed E-state index contributed by atoms with van der Waals surface area (Å²) in [5.74, 6) is -1.53. The largest absolute Gasteiger partial charge is 0.507 e. The third-order valence-electron chi connectivity index (χ3n) is 5.39. The fourth-order valence-corrected chi connectivity index (χ4v) is 4.37. The van der Waals surface area contributed by atoms with Gasteiger partial charge in [0.05, 0.1) is 21.7 Å². The number of carbonyl (C=O) groups is 2. The van der Waals surface area contributed by atoms with Crippen molar-refractivity contribution in [3.8, 4) is 0 Å². The van der Waals surface area contributed by atoms with Crippen LogP contribution in [0.25, 0.3) is 5.76 Å². The van der Waals surface area contributed by atoms with E-state index in [2.05, 4.69) is 4.98 Å². The van der Waals surface area contributed by atoms with E-state index in [-0.39, 0.29) is 22.4 Å². The zero-order valence-electron chi connectivity index (χ0n) is 14.9. The Hall–Kier alpha value is -2.37. The maximum absolute atomic E-state index is 12.9. The molecule has 2 heterocycles. The van der Waals surface area contributed by atoms with E-state index in [9.17, 15) is 14.7 Å². The third-order valence-corrected chi connectivity index (χ3v) is 6.13. The molecule has 1 N–H and O–H groups in total. The van der Waals surface area contributed by atoms with Crippen LogP contribution in [0.5, 0.6) is 0 Å². The Labute approximate surface area is 172 Å². The highest BCUT2D eigenvalue weighted by molar-refractivity contribution is 6.47. The van der Waals surface area contributed by atoms with Crippen molar-refractivity contribution in [2.24, 2.45) is 0 Å². The second-order valence-electron chi connectivity index (χ2n) is 7.06. The number of aliphatic hydroxyl groups is 1. The average Bonchev–Trinajstić information content (AvgIpc) is 3.31. The SMILES string of the molecule is O=C1C(=O)N(C2CCCC2)C(c2cccnc2)/C1=C(/O)c1ccc(Cl)c(Cl)c1. The number of likely N-dealkylation sites (tertiary alicyclic amines) is 1. The average molecular weight is 417 g/mol. The van der Waals surface area contributed by atoms with Gasteiger partial charge in [-0.2, -0.15) is 0 Å². The van der Waals surface area contributed by atoms with Gasteiger partial charge in [0, 0.05) is 24.0 Å². The van der Waals surface area contributed by atoms with Gasteiger partial charge in [0.15, 0.2) is 0 Å². The highest BCUT2D eigenvalue weighted by atomic mass is 35.5. The van der Waals surface area contributed by atoms with Gasteiger partial charge in [-0.25, -0.2) is 0 Å². The highest BCUT2D eigenvalue weighted by Gasteiger charge is 2.49. The molecule has 1 amide bonds. The number of Topliss-reactive ketones (excluding diaryl/α,β-unsaturated/α-hetero) is 1. The van der Waals surface area contributed by atoms with E-state index in [1.54, 1.807) is 35.5 Å². The van der Waals surface area contributed by atoms with E-state index in [1.165, 1.54) is 6.07 Å². The number of pyridine rings is 1. The number of aromatic nitrogens is 1. The van der Waals surface area contributed by atoms with E-state index in [4.69, 9.17) is 23.2 Å². The van der Waals surface area contributed by atoms with Gasteiger partial charge >= 0.3 is 0 Å². The summed E-state index contributed by atoms with van der Waals surface area (Å²) < 4.78 is 0. The molecular formula is C21H18Cl2N2O3. The van der Waals surface area contributed by atoms with Gasteiger partial charge in [-0.05, 0) is 42.7 Å². The van der Waals surface area contributed by atoms with Crippen LogP contribution < -0.4 is 0 Å². The van der Waals surface area contributed by atoms with Gasteiger partial charge in [-0.3, -0.25) is 14.6 Å². The van der Waals surface area contributed by atoms with E-state index in [0.29, 0.717) is 16.1 Å². The second-order valence-corrected chi connectivity index (χ2v) is 7.87. The fraction of sp³-hybridized carbons (Fsp3) is 0.286. The van der Waals surface area contributed by atoms with Crippen LogP contribution in [0.3, 0.4) is 0 Å². The zero-order chi connectivity index (χ0) is 19.8. The highest BCUT2D eigenvalue weighted by Crippen LogP contribution is 2.43. The van der Waals surface area contributed by atoms with Gasteiger partial charge < -0.3 is 10.0 Å². The first kappa shape index (κ1) is 19.0. The Morgan fingerprint density at radius 2 is 1.86 bits per heavy atom. The van der Waals surface area contributed by atoms with Crippen LogP contribution in [-0.4, -0.2) is 32.7 Å². The number of halogens is 2. The Balaban J connectivity index is 1.89. The number of benzene rings is 1. The number of nitrogens with zero attached hydrogens (tertiary/aromatic N) is 2. The number of hydrogen-bond donors (Lipinski definition) is 1. The smallest absolute Gasteiger partial charge is 0.295 e. The van der Waals surface area contributed by atoms with Crippen LogP contribution in [-0.2, 0) is 9.59 Å². The van der Waals surface area contributed by atoms with Crippen molar-refractivity contribution in [2.75, 3.05) is 0 Å². The molecule has 2 fully saturated rings. The predicted octanol–water partition coefficient (Wildman–Crippen LogP) is 4.75. The number of aliphatic hydroxyl groups excluding tert-OH is 1. The molecule has 5 nitrogen and oxygen atoms in total. The number of rotatable bonds is 3. The van der Waals surface area contributed by atoms with Crippen LogP contribution in [0.4, 0.5) is 0 Å². The van der Waals surface area contributed by atoms with Crippen LogP contribution in [0.2, 0.25) is 10.0 Å². The molecule has 1 atom stereocenters. The van der Waals surface area contributed by atoms with Crippen molar-refractivity contribution in [1.82, 2.24) is 9.88 Å². The van der Waals surface area contributed by atoms with Crippen LogP contribution in [0, 0.1) is 0 Å². The van der Waals surface area contributed by atoms with E-state index < -0.39 is 17.7 Å². The zero-order valence-corrected chi connectivity index (χ0v) is 16.5. The molecule has 1 aromatic carbocycles. The molecule has 2 aliphatic rings. The minimum atomic E-state index is -0.690. The molecule has 1 saturated carbocycles. The summed E-state index contributed by atoms with van der Waals surface area (Å²) in [5.41, 5.74) is 1.09. The quantitative estimate of drug-likeness (QED) is 0.445. The van der Waals surface area contributed by atoms with Crippen molar-refractivity contribution in [3.05, 3.63) is 69.5 Å². The first-order valence-electron chi connectivity index (χ1n) is 9.14. The van der Waals surface area contributed by atoms with E-state index in [0.717, 1.165) is 25.7 Å². The number of amides is 1. The summed E-state index contributed by atoms with van der Waals surface area (Å²) in [6.07, 6.45) is 6.97. The maximum atomic E-state index is 12.9. The van der Waals surface area contributed by atoms with Crippen molar-refractivity contribution in [1.29, 1.82) is 0 Å². The normalized spacial score (nSPS) is 22.2. The molecule has 4 rings (SSSR count). The topological polar surface area (TPSA) is 70.5 Å². The summed E-state index contributed by atoms with van der Waals surface area (Å²) in [7, 11) is 0. The molecule has 1 aromatic heterocycles. The van der Waals surface area contributed by atoms with Gasteiger partial charge in [-0.1, -0.05) is 42.1 Å². The van der Waals surface area contributed by atoms with E-state index in [1.807, 2.05) is 6.07 Å². The molecule has 1 aliphatic carbocycles. The summed E-state index contributed by atoms with van der Waals surface area (Å²) in [5, 5.41) is 11.6. The maximum Gasteiger partial charge on any atom is 0.295 e. The Morgan fingerprint density at radius 1 is 1.11 bits per heavy atom.